The molecule has 1 aliphatic carbocycles. The topological polar surface area (TPSA) is 6.48 Å². The molecule has 0 radical (unpaired) electrons. The smallest absolute Gasteiger partial charge is 0.00974 e. The third-order valence-electron chi connectivity index (χ3n) is 4.36. The van der Waals surface area contributed by atoms with Crippen LogP contribution in [-0.4, -0.2) is 49.6 Å². The van der Waals surface area contributed by atoms with Crippen LogP contribution in [0.4, 0.5) is 0 Å². The van der Waals surface area contributed by atoms with Gasteiger partial charge >= 0.3 is 0 Å². The molecule has 2 aliphatic rings. The van der Waals surface area contributed by atoms with Gasteiger partial charge in [-0.25, -0.2) is 0 Å². The summed E-state index contributed by atoms with van der Waals surface area (Å²) in [7, 11) is 4.57. The Hall–Kier alpha value is -0.0800. The average molecular weight is 210 g/mol. The summed E-state index contributed by atoms with van der Waals surface area (Å²) < 4.78 is 0. The van der Waals surface area contributed by atoms with E-state index in [-0.39, 0.29) is 0 Å². The maximum absolute atomic E-state index is 2.62. The summed E-state index contributed by atoms with van der Waals surface area (Å²) in [5, 5.41) is 0. The van der Waals surface area contributed by atoms with Crippen LogP contribution in [0.15, 0.2) is 0 Å². The van der Waals surface area contributed by atoms with Crippen molar-refractivity contribution in [2.24, 2.45) is 11.8 Å². The molecule has 15 heavy (non-hydrogen) atoms. The molecule has 0 N–H and O–H groups in total. The Kier molecular flexibility index (Phi) is 3.68. The molecule has 1 saturated heterocycles. The third kappa shape index (κ3) is 2.94. The van der Waals surface area contributed by atoms with Crippen molar-refractivity contribution in [3.63, 3.8) is 0 Å². The van der Waals surface area contributed by atoms with E-state index in [0.717, 1.165) is 17.9 Å². The maximum Gasteiger partial charge on any atom is 0.00974 e. The molecule has 0 spiro atoms. The fourth-order valence-electron chi connectivity index (χ4n) is 3.02. The van der Waals surface area contributed by atoms with Gasteiger partial charge in [0.15, 0.2) is 0 Å². The summed E-state index contributed by atoms with van der Waals surface area (Å²) in [5.74, 6) is 1.94. The fourth-order valence-corrected chi connectivity index (χ4v) is 3.02. The number of nitrogens with zero attached hydrogens (tertiary/aromatic N) is 2. The zero-order valence-electron chi connectivity index (χ0n) is 10.6. The Balaban J connectivity index is 1.68. The van der Waals surface area contributed by atoms with Crippen LogP contribution in [0.3, 0.4) is 0 Å². The molecule has 0 unspecified atom stereocenters. The molecule has 1 aliphatic heterocycles. The van der Waals surface area contributed by atoms with E-state index in [2.05, 4.69) is 30.8 Å². The quantitative estimate of drug-likeness (QED) is 0.703. The standard InChI is InChI=1S/C13H26N2/c1-11-8-13(9-11)15(3)10-12-4-6-14(2)7-5-12/h11-13H,4-10H2,1-3H3. The van der Waals surface area contributed by atoms with Crippen molar-refractivity contribution in [1.29, 1.82) is 0 Å². The Morgan fingerprint density at radius 1 is 1.20 bits per heavy atom. The number of hydrogen-bond donors (Lipinski definition) is 0. The molecule has 0 amide bonds. The van der Waals surface area contributed by atoms with Crippen LogP contribution in [0.25, 0.3) is 0 Å². The molecule has 2 heteroatoms. The van der Waals surface area contributed by atoms with Gasteiger partial charge in [-0.2, -0.15) is 0 Å². The molecule has 1 saturated carbocycles. The van der Waals surface area contributed by atoms with Crippen LogP contribution in [0.1, 0.15) is 32.6 Å². The Bertz CT molecular complexity index is 191. The van der Waals surface area contributed by atoms with Crippen LogP contribution >= 0.6 is 0 Å². The lowest BCUT2D eigenvalue weighted by Crippen LogP contribution is -2.45. The van der Waals surface area contributed by atoms with Crippen LogP contribution in [0.5, 0.6) is 0 Å². The van der Waals surface area contributed by atoms with Crippen LogP contribution in [-0.2, 0) is 0 Å². The van der Waals surface area contributed by atoms with Crippen molar-refractivity contribution >= 4 is 0 Å². The highest BCUT2D eigenvalue weighted by atomic mass is 15.1. The second-order valence-corrected chi connectivity index (χ2v) is 5.92. The van der Waals surface area contributed by atoms with Gasteiger partial charge < -0.3 is 9.80 Å². The minimum Gasteiger partial charge on any atom is -0.306 e. The summed E-state index contributed by atoms with van der Waals surface area (Å²) in [5.41, 5.74) is 0. The lowest BCUT2D eigenvalue weighted by Gasteiger charge is -2.42. The lowest BCUT2D eigenvalue weighted by molar-refractivity contribution is 0.0806. The molecule has 0 bridgehead atoms. The first-order valence-electron chi connectivity index (χ1n) is 6.54. The SMILES string of the molecule is CC1CC(N(C)CC2CCN(C)CC2)C1. The molecular formula is C13H26N2. The molecule has 88 valence electrons. The van der Waals surface area contributed by atoms with Crippen molar-refractivity contribution in [3.05, 3.63) is 0 Å². The van der Waals surface area contributed by atoms with Gasteiger partial charge in [-0.05, 0) is 64.7 Å². The third-order valence-corrected chi connectivity index (χ3v) is 4.36. The number of likely N-dealkylation sites (tertiary alicyclic amines) is 1. The van der Waals surface area contributed by atoms with Gasteiger partial charge in [0, 0.05) is 12.6 Å². The van der Waals surface area contributed by atoms with Crippen molar-refractivity contribution in [1.82, 2.24) is 9.80 Å². The first kappa shape index (κ1) is 11.4. The highest BCUT2D eigenvalue weighted by molar-refractivity contribution is 4.85. The van der Waals surface area contributed by atoms with Gasteiger partial charge in [0.2, 0.25) is 0 Å². The fraction of sp³-hybridized carbons (Fsp3) is 1.00. The second kappa shape index (κ2) is 4.84. The van der Waals surface area contributed by atoms with Crippen molar-refractivity contribution in [2.45, 2.75) is 38.6 Å². The maximum atomic E-state index is 2.62. The molecule has 0 aromatic carbocycles. The van der Waals surface area contributed by atoms with Gasteiger partial charge in [-0.15, -0.1) is 0 Å². The van der Waals surface area contributed by atoms with E-state index in [9.17, 15) is 0 Å². The number of rotatable bonds is 3. The summed E-state index contributed by atoms with van der Waals surface area (Å²) in [4.78, 5) is 5.08. The van der Waals surface area contributed by atoms with Gasteiger partial charge in [0.05, 0.1) is 0 Å². The van der Waals surface area contributed by atoms with E-state index in [1.807, 2.05) is 0 Å². The molecule has 2 nitrogen and oxygen atoms in total. The Labute approximate surface area is 94.6 Å². The van der Waals surface area contributed by atoms with Gasteiger partial charge in [0.1, 0.15) is 0 Å². The molecule has 2 rings (SSSR count). The van der Waals surface area contributed by atoms with Crippen molar-refractivity contribution < 1.29 is 0 Å². The van der Waals surface area contributed by atoms with E-state index in [1.165, 1.54) is 45.3 Å². The van der Waals surface area contributed by atoms with Crippen molar-refractivity contribution in [2.75, 3.05) is 33.7 Å². The minimum atomic E-state index is 0.902. The largest absolute Gasteiger partial charge is 0.306 e. The monoisotopic (exact) mass is 210 g/mol. The van der Waals surface area contributed by atoms with E-state index in [1.54, 1.807) is 0 Å². The zero-order chi connectivity index (χ0) is 10.8. The summed E-state index contributed by atoms with van der Waals surface area (Å²) in [6.07, 6.45) is 5.68. The van der Waals surface area contributed by atoms with Gasteiger partial charge in [-0.1, -0.05) is 6.92 Å². The predicted molar refractivity (Wildman–Crippen MR) is 65.0 cm³/mol. The normalized spacial score (nSPS) is 34.4. The first-order valence-corrected chi connectivity index (χ1v) is 6.54. The average Bonchev–Trinajstić information content (AvgIpc) is 2.17. The summed E-state index contributed by atoms with van der Waals surface area (Å²) in [6.45, 7) is 6.32. The summed E-state index contributed by atoms with van der Waals surface area (Å²) in [6, 6.07) is 0.902. The van der Waals surface area contributed by atoms with E-state index < -0.39 is 0 Å². The highest BCUT2D eigenvalue weighted by Crippen LogP contribution is 2.31. The van der Waals surface area contributed by atoms with Gasteiger partial charge in [0.25, 0.3) is 0 Å². The Morgan fingerprint density at radius 2 is 1.80 bits per heavy atom. The van der Waals surface area contributed by atoms with Crippen LogP contribution < -0.4 is 0 Å². The van der Waals surface area contributed by atoms with Crippen molar-refractivity contribution in [3.8, 4) is 0 Å². The van der Waals surface area contributed by atoms with Gasteiger partial charge in [-0.3, -0.25) is 0 Å². The van der Waals surface area contributed by atoms with E-state index in [4.69, 9.17) is 0 Å². The predicted octanol–water partition coefficient (Wildman–Crippen LogP) is 2.06. The number of piperidine rings is 1. The first-order chi connectivity index (χ1) is 7.15. The molecule has 1 heterocycles. The van der Waals surface area contributed by atoms with E-state index in [0.29, 0.717) is 0 Å². The lowest BCUT2D eigenvalue weighted by atomic mass is 9.80. The highest BCUT2D eigenvalue weighted by Gasteiger charge is 2.30. The van der Waals surface area contributed by atoms with Crippen LogP contribution in [0, 0.1) is 11.8 Å². The molecular weight excluding hydrogens is 184 g/mol. The zero-order valence-corrected chi connectivity index (χ0v) is 10.6. The minimum absolute atomic E-state index is 0.902. The summed E-state index contributed by atoms with van der Waals surface area (Å²) >= 11 is 0. The molecule has 0 aromatic heterocycles. The molecule has 0 atom stereocenters. The Morgan fingerprint density at radius 3 is 2.33 bits per heavy atom. The second-order valence-electron chi connectivity index (χ2n) is 5.92. The van der Waals surface area contributed by atoms with E-state index >= 15 is 0 Å². The molecule has 0 aromatic rings. The number of hydrogen-bond acceptors (Lipinski definition) is 2. The molecule has 2 fully saturated rings. The van der Waals surface area contributed by atoms with Crippen LogP contribution in [0.2, 0.25) is 0 Å².